The highest BCUT2D eigenvalue weighted by atomic mass is 16.5. The summed E-state index contributed by atoms with van der Waals surface area (Å²) < 4.78 is 4.87. The molecule has 64 valence electrons. The Labute approximate surface area is 68.2 Å². The van der Waals surface area contributed by atoms with Crippen molar-refractivity contribution in [2.45, 2.75) is 39.2 Å². The van der Waals surface area contributed by atoms with Gasteiger partial charge in [0.25, 0.3) is 0 Å². The molecule has 0 spiro atoms. The van der Waals surface area contributed by atoms with Crippen LogP contribution < -0.4 is 0 Å². The molecule has 1 heterocycles. The molecule has 1 aliphatic rings. The van der Waals surface area contributed by atoms with E-state index in [-0.39, 0.29) is 12.1 Å². The maximum atomic E-state index is 10.4. The molecule has 2 heteroatoms. The molecule has 0 aliphatic carbocycles. The highest BCUT2D eigenvalue weighted by molar-refractivity contribution is 5.71. The van der Waals surface area contributed by atoms with Crippen molar-refractivity contribution in [3.8, 4) is 0 Å². The molecule has 1 saturated heterocycles. The van der Waals surface area contributed by atoms with Crippen LogP contribution in [0.5, 0.6) is 0 Å². The summed E-state index contributed by atoms with van der Waals surface area (Å²) in [6, 6.07) is 0. The Morgan fingerprint density at radius 3 is 2.55 bits per heavy atom. The van der Waals surface area contributed by atoms with E-state index in [1.807, 2.05) is 13.8 Å². The third-order valence-electron chi connectivity index (χ3n) is 1.42. The lowest BCUT2D eigenvalue weighted by atomic mass is 10.2. The average Bonchev–Trinajstić information content (AvgIpc) is 2.37. The Kier molecular flexibility index (Phi) is 5.53. The standard InChI is InChI=1S/C6H10O2.C3H6/c1-2-5-3-4-6(7)8-5;1-3-2/h5H,2-4H2,1H3;3H,1H2,2H3. The maximum Gasteiger partial charge on any atom is 0.306 e. The summed E-state index contributed by atoms with van der Waals surface area (Å²) in [6.45, 7) is 7.28. The van der Waals surface area contributed by atoms with Crippen LogP contribution in [-0.4, -0.2) is 12.1 Å². The molecule has 1 aliphatic heterocycles. The number of rotatable bonds is 1. The van der Waals surface area contributed by atoms with E-state index in [0.29, 0.717) is 6.42 Å². The van der Waals surface area contributed by atoms with Gasteiger partial charge in [0.05, 0.1) is 0 Å². The first-order chi connectivity index (χ1) is 5.24. The molecule has 0 radical (unpaired) electrons. The van der Waals surface area contributed by atoms with Gasteiger partial charge in [0, 0.05) is 6.42 Å². The van der Waals surface area contributed by atoms with Crippen molar-refractivity contribution >= 4 is 5.97 Å². The maximum absolute atomic E-state index is 10.4. The third kappa shape index (κ3) is 4.59. The monoisotopic (exact) mass is 156 g/mol. The zero-order valence-electron chi connectivity index (χ0n) is 7.30. The van der Waals surface area contributed by atoms with Gasteiger partial charge in [-0.05, 0) is 19.8 Å². The Bertz CT molecular complexity index is 130. The van der Waals surface area contributed by atoms with Gasteiger partial charge in [0.2, 0.25) is 0 Å². The van der Waals surface area contributed by atoms with Crippen molar-refractivity contribution in [2.24, 2.45) is 0 Å². The van der Waals surface area contributed by atoms with Gasteiger partial charge >= 0.3 is 5.97 Å². The van der Waals surface area contributed by atoms with Crippen molar-refractivity contribution in [2.75, 3.05) is 0 Å². The van der Waals surface area contributed by atoms with E-state index in [9.17, 15) is 4.79 Å². The van der Waals surface area contributed by atoms with E-state index >= 15 is 0 Å². The minimum absolute atomic E-state index is 0.0307. The van der Waals surface area contributed by atoms with Gasteiger partial charge in [-0.25, -0.2) is 0 Å². The lowest BCUT2D eigenvalue weighted by Gasteiger charge is -2.01. The largest absolute Gasteiger partial charge is 0.462 e. The summed E-state index contributed by atoms with van der Waals surface area (Å²) in [5.41, 5.74) is 0. The smallest absolute Gasteiger partial charge is 0.306 e. The first-order valence-electron chi connectivity index (χ1n) is 4.01. The van der Waals surface area contributed by atoms with Crippen LogP contribution in [0.1, 0.15) is 33.1 Å². The zero-order chi connectivity index (χ0) is 8.69. The Balaban J connectivity index is 0.000000292. The molecule has 2 nitrogen and oxygen atoms in total. The number of ether oxygens (including phenoxy) is 1. The van der Waals surface area contributed by atoms with Gasteiger partial charge in [-0.15, -0.1) is 6.58 Å². The van der Waals surface area contributed by atoms with Crippen LogP contribution in [0, 0.1) is 0 Å². The topological polar surface area (TPSA) is 26.3 Å². The van der Waals surface area contributed by atoms with E-state index in [1.54, 1.807) is 6.08 Å². The van der Waals surface area contributed by atoms with Gasteiger partial charge in [0.1, 0.15) is 6.10 Å². The summed E-state index contributed by atoms with van der Waals surface area (Å²) >= 11 is 0. The normalized spacial score (nSPS) is 21.6. The number of allylic oxidation sites excluding steroid dienone is 1. The van der Waals surface area contributed by atoms with E-state index in [1.165, 1.54) is 0 Å². The van der Waals surface area contributed by atoms with E-state index in [2.05, 4.69) is 6.58 Å². The van der Waals surface area contributed by atoms with Crippen LogP contribution in [0.15, 0.2) is 12.7 Å². The van der Waals surface area contributed by atoms with Crippen LogP contribution in [0.25, 0.3) is 0 Å². The second kappa shape index (κ2) is 5.96. The fourth-order valence-corrected chi connectivity index (χ4v) is 0.870. The molecular weight excluding hydrogens is 140 g/mol. The summed E-state index contributed by atoms with van der Waals surface area (Å²) in [7, 11) is 0. The summed E-state index contributed by atoms with van der Waals surface area (Å²) in [6.07, 6.45) is 4.49. The molecule has 0 aromatic carbocycles. The quantitative estimate of drug-likeness (QED) is 0.430. The average molecular weight is 156 g/mol. The van der Waals surface area contributed by atoms with Crippen molar-refractivity contribution in [3.05, 3.63) is 12.7 Å². The number of esters is 1. The van der Waals surface area contributed by atoms with Crippen molar-refractivity contribution < 1.29 is 9.53 Å². The van der Waals surface area contributed by atoms with E-state index in [4.69, 9.17) is 4.74 Å². The molecule has 1 fully saturated rings. The summed E-state index contributed by atoms with van der Waals surface area (Å²) in [5.74, 6) is -0.0307. The fourth-order valence-electron chi connectivity index (χ4n) is 0.870. The SMILES string of the molecule is C=CC.CCC1CCC(=O)O1. The number of hydrogen-bond donors (Lipinski definition) is 0. The molecule has 0 N–H and O–H groups in total. The molecule has 0 aromatic heterocycles. The number of carbonyl (C=O) groups excluding carboxylic acids is 1. The predicted octanol–water partition coefficient (Wildman–Crippen LogP) is 2.29. The van der Waals surface area contributed by atoms with Crippen LogP contribution in [-0.2, 0) is 9.53 Å². The molecule has 0 amide bonds. The summed E-state index contributed by atoms with van der Waals surface area (Å²) in [4.78, 5) is 10.4. The molecule has 1 atom stereocenters. The van der Waals surface area contributed by atoms with Crippen molar-refractivity contribution in [1.82, 2.24) is 0 Å². The molecule has 0 aromatic rings. The number of carbonyl (C=O) groups is 1. The first kappa shape index (κ1) is 10.2. The van der Waals surface area contributed by atoms with Gasteiger partial charge in [-0.2, -0.15) is 0 Å². The lowest BCUT2D eigenvalue weighted by molar-refractivity contribution is -0.141. The zero-order valence-corrected chi connectivity index (χ0v) is 7.30. The van der Waals surface area contributed by atoms with Crippen LogP contribution in [0.3, 0.4) is 0 Å². The third-order valence-corrected chi connectivity index (χ3v) is 1.42. The van der Waals surface area contributed by atoms with Gasteiger partial charge in [-0.1, -0.05) is 13.0 Å². The first-order valence-corrected chi connectivity index (χ1v) is 4.01. The van der Waals surface area contributed by atoms with Crippen LogP contribution >= 0.6 is 0 Å². The van der Waals surface area contributed by atoms with Gasteiger partial charge in [-0.3, -0.25) is 4.79 Å². The van der Waals surface area contributed by atoms with Gasteiger partial charge in [0.15, 0.2) is 0 Å². The highest BCUT2D eigenvalue weighted by Gasteiger charge is 2.20. The fraction of sp³-hybridized carbons (Fsp3) is 0.667. The Morgan fingerprint density at radius 1 is 1.82 bits per heavy atom. The second-order valence-corrected chi connectivity index (χ2v) is 2.47. The molecule has 1 rings (SSSR count). The lowest BCUT2D eigenvalue weighted by Crippen LogP contribution is -2.03. The minimum Gasteiger partial charge on any atom is -0.462 e. The van der Waals surface area contributed by atoms with Crippen LogP contribution in [0.4, 0.5) is 0 Å². The predicted molar refractivity (Wildman–Crippen MR) is 45.3 cm³/mol. The number of hydrogen-bond acceptors (Lipinski definition) is 2. The minimum atomic E-state index is -0.0307. The number of cyclic esters (lactones) is 1. The molecule has 11 heavy (non-hydrogen) atoms. The molecule has 1 unspecified atom stereocenters. The molecule has 0 saturated carbocycles. The summed E-state index contributed by atoms with van der Waals surface area (Å²) in [5, 5.41) is 0. The Hall–Kier alpha value is -0.790. The molecule has 0 bridgehead atoms. The second-order valence-electron chi connectivity index (χ2n) is 2.47. The van der Waals surface area contributed by atoms with Crippen LogP contribution in [0.2, 0.25) is 0 Å². The van der Waals surface area contributed by atoms with Crippen molar-refractivity contribution in [1.29, 1.82) is 0 Å². The van der Waals surface area contributed by atoms with Crippen molar-refractivity contribution in [3.63, 3.8) is 0 Å². The molecular formula is C9H16O2. The Morgan fingerprint density at radius 2 is 2.36 bits per heavy atom. The van der Waals surface area contributed by atoms with Gasteiger partial charge < -0.3 is 4.74 Å². The van der Waals surface area contributed by atoms with E-state index in [0.717, 1.165) is 12.8 Å². The van der Waals surface area contributed by atoms with E-state index < -0.39 is 0 Å². The highest BCUT2D eigenvalue weighted by Crippen LogP contribution is 2.15.